The first-order chi connectivity index (χ1) is 10.2. The summed E-state index contributed by atoms with van der Waals surface area (Å²) in [7, 11) is 0. The standard InChI is InChI=1S/C15H20N4O2/c1-2-16-15(21)17-10-11-19-14(20)9-8-13(18-19)12-6-4-3-5-7-12/h3-7H,2,8-11H2,1H3,(H2,16,17,21). The van der Waals surface area contributed by atoms with Gasteiger partial charge in [0, 0.05) is 25.9 Å². The van der Waals surface area contributed by atoms with Crippen molar-refractivity contribution in [3.05, 3.63) is 35.9 Å². The fraction of sp³-hybridized carbons (Fsp3) is 0.400. The van der Waals surface area contributed by atoms with Crippen LogP contribution in [0.3, 0.4) is 0 Å². The number of carbonyl (C=O) groups excluding carboxylic acids is 2. The monoisotopic (exact) mass is 288 g/mol. The molecular formula is C15H20N4O2. The summed E-state index contributed by atoms with van der Waals surface area (Å²) in [4.78, 5) is 23.2. The molecule has 3 amide bonds. The first-order valence-corrected chi connectivity index (χ1v) is 7.15. The Morgan fingerprint density at radius 2 is 2.00 bits per heavy atom. The highest BCUT2D eigenvalue weighted by Gasteiger charge is 2.20. The molecule has 1 aliphatic rings. The molecule has 6 heteroatoms. The normalized spacial score (nSPS) is 14.6. The molecule has 6 nitrogen and oxygen atoms in total. The van der Waals surface area contributed by atoms with Crippen molar-refractivity contribution in [1.82, 2.24) is 15.6 Å². The van der Waals surface area contributed by atoms with Gasteiger partial charge in [-0.15, -0.1) is 0 Å². The minimum atomic E-state index is -0.228. The lowest BCUT2D eigenvalue weighted by Crippen LogP contribution is -2.41. The summed E-state index contributed by atoms with van der Waals surface area (Å²) in [6.45, 7) is 3.18. The van der Waals surface area contributed by atoms with Crippen molar-refractivity contribution >= 4 is 17.6 Å². The minimum Gasteiger partial charge on any atom is -0.338 e. The quantitative estimate of drug-likeness (QED) is 0.858. The topological polar surface area (TPSA) is 73.8 Å². The Balaban J connectivity index is 1.94. The summed E-state index contributed by atoms with van der Waals surface area (Å²) in [5.74, 6) is -0.00705. The lowest BCUT2D eigenvalue weighted by molar-refractivity contribution is -0.131. The van der Waals surface area contributed by atoms with Gasteiger partial charge >= 0.3 is 6.03 Å². The van der Waals surface area contributed by atoms with E-state index in [0.717, 1.165) is 11.3 Å². The third kappa shape index (κ3) is 4.30. The molecular weight excluding hydrogens is 268 g/mol. The molecule has 112 valence electrons. The Hall–Kier alpha value is -2.37. The van der Waals surface area contributed by atoms with Crippen LogP contribution in [0.5, 0.6) is 0 Å². The number of hydrazone groups is 1. The summed E-state index contributed by atoms with van der Waals surface area (Å²) in [6, 6.07) is 9.60. The Bertz CT molecular complexity index is 528. The van der Waals surface area contributed by atoms with Crippen molar-refractivity contribution < 1.29 is 9.59 Å². The lowest BCUT2D eigenvalue weighted by atomic mass is 10.0. The molecule has 0 atom stereocenters. The molecule has 0 unspecified atom stereocenters. The number of nitrogens with one attached hydrogen (secondary N) is 2. The molecule has 1 aromatic carbocycles. The molecule has 1 heterocycles. The van der Waals surface area contributed by atoms with E-state index in [2.05, 4.69) is 15.7 Å². The van der Waals surface area contributed by atoms with Crippen LogP contribution in [0, 0.1) is 0 Å². The van der Waals surface area contributed by atoms with Gasteiger partial charge in [-0.3, -0.25) is 4.79 Å². The fourth-order valence-electron chi connectivity index (χ4n) is 2.11. The highest BCUT2D eigenvalue weighted by molar-refractivity contribution is 6.04. The van der Waals surface area contributed by atoms with Gasteiger partial charge in [-0.25, -0.2) is 9.80 Å². The van der Waals surface area contributed by atoms with Gasteiger partial charge in [0.2, 0.25) is 5.91 Å². The average Bonchev–Trinajstić information content (AvgIpc) is 2.50. The predicted octanol–water partition coefficient (Wildman–Crippen LogP) is 1.33. The third-order valence-corrected chi connectivity index (χ3v) is 3.16. The maximum atomic E-state index is 11.9. The van der Waals surface area contributed by atoms with E-state index in [1.807, 2.05) is 37.3 Å². The van der Waals surface area contributed by atoms with Crippen molar-refractivity contribution in [2.75, 3.05) is 19.6 Å². The molecule has 2 rings (SSSR count). The highest BCUT2D eigenvalue weighted by Crippen LogP contribution is 2.14. The zero-order chi connectivity index (χ0) is 15.1. The van der Waals surface area contributed by atoms with Gasteiger partial charge in [0.25, 0.3) is 0 Å². The second kappa shape index (κ2) is 7.42. The fourth-order valence-corrected chi connectivity index (χ4v) is 2.11. The third-order valence-electron chi connectivity index (χ3n) is 3.16. The number of urea groups is 1. The zero-order valence-corrected chi connectivity index (χ0v) is 12.1. The van der Waals surface area contributed by atoms with Crippen LogP contribution in [0.15, 0.2) is 35.4 Å². The molecule has 0 spiro atoms. The Labute approximate surface area is 124 Å². The summed E-state index contributed by atoms with van der Waals surface area (Å²) in [5, 5.41) is 11.2. The predicted molar refractivity (Wildman–Crippen MR) is 81.0 cm³/mol. The highest BCUT2D eigenvalue weighted by atomic mass is 16.2. The van der Waals surface area contributed by atoms with E-state index in [9.17, 15) is 9.59 Å². The molecule has 0 fully saturated rings. The van der Waals surface area contributed by atoms with Crippen LogP contribution in [0.2, 0.25) is 0 Å². The number of amides is 3. The van der Waals surface area contributed by atoms with Crippen LogP contribution in [0.1, 0.15) is 25.3 Å². The largest absolute Gasteiger partial charge is 0.338 e. The molecule has 0 aromatic heterocycles. The number of benzene rings is 1. The van der Waals surface area contributed by atoms with Crippen molar-refractivity contribution in [2.24, 2.45) is 5.10 Å². The smallest absolute Gasteiger partial charge is 0.314 e. The van der Waals surface area contributed by atoms with E-state index in [-0.39, 0.29) is 11.9 Å². The molecule has 0 saturated heterocycles. The van der Waals surface area contributed by atoms with Gasteiger partial charge in [-0.1, -0.05) is 30.3 Å². The van der Waals surface area contributed by atoms with Crippen molar-refractivity contribution in [1.29, 1.82) is 0 Å². The Morgan fingerprint density at radius 3 is 2.71 bits per heavy atom. The van der Waals surface area contributed by atoms with Crippen LogP contribution in [0.4, 0.5) is 4.79 Å². The summed E-state index contributed by atoms with van der Waals surface area (Å²) in [6.07, 6.45) is 1.11. The van der Waals surface area contributed by atoms with Crippen LogP contribution in [-0.4, -0.2) is 42.3 Å². The Morgan fingerprint density at radius 1 is 1.24 bits per heavy atom. The maximum Gasteiger partial charge on any atom is 0.314 e. The van der Waals surface area contributed by atoms with E-state index in [0.29, 0.717) is 32.5 Å². The lowest BCUT2D eigenvalue weighted by Gasteiger charge is -2.23. The van der Waals surface area contributed by atoms with Gasteiger partial charge in [0.05, 0.1) is 12.3 Å². The summed E-state index contributed by atoms with van der Waals surface area (Å²) >= 11 is 0. The van der Waals surface area contributed by atoms with E-state index in [4.69, 9.17) is 0 Å². The zero-order valence-electron chi connectivity index (χ0n) is 12.1. The van der Waals surface area contributed by atoms with E-state index >= 15 is 0 Å². The van der Waals surface area contributed by atoms with E-state index in [1.54, 1.807) is 0 Å². The second-order valence-electron chi connectivity index (χ2n) is 4.72. The van der Waals surface area contributed by atoms with Gasteiger partial charge in [0.15, 0.2) is 0 Å². The van der Waals surface area contributed by atoms with Gasteiger partial charge in [-0.2, -0.15) is 5.10 Å². The molecule has 0 saturated carbocycles. The Kier molecular flexibility index (Phi) is 5.31. The minimum absolute atomic E-state index is 0.00705. The van der Waals surface area contributed by atoms with Crippen LogP contribution >= 0.6 is 0 Å². The number of hydrogen-bond donors (Lipinski definition) is 2. The number of rotatable bonds is 5. The molecule has 1 aliphatic heterocycles. The molecule has 0 radical (unpaired) electrons. The summed E-state index contributed by atoms with van der Waals surface area (Å²) in [5.41, 5.74) is 1.94. The van der Waals surface area contributed by atoms with Crippen molar-refractivity contribution in [3.8, 4) is 0 Å². The molecule has 2 N–H and O–H groups in total. The first kappa shape index (κ1) is 15.0. The second-order valence-corrected chi connectivity index (χ2v) is 4.72. The molecule has 1 aromatic rings. The number of hydrogen-bond acceptors (Lipinski definition) is 3. The number of nitrogens with zero attached hydrogens (tertiary/aromatic N) is 2. The van der Waals surface area contributed by atoms with E-state index in [1.165, 1.54) is 5.01 Å². The SMILES string of the molecule is CCNC(=O)NCCN1N=C(c2ccccc2)CCC1=O. The van der Waals surface area contributed by atoms with Crippen LogP contribution in [-0.2, 0) is 4.79 Å². The average molecular weight is 288 g/mol. The van der Waals surface area contributed by atoms with Crippen molar-refractivity contribution in [3.63, 3.8) is 0 Å². The van der Waals surface area contributed by atoms with Crippen molar-refractivity contribution in [2.45, 2.75) is 19.8 Å². The maximum absolute atomic E-state index is 11.9. The summed E-state index contributed by atoms with van der Waals surface area (Å²) < 4.78 is 0. The van der Waals surface area contributed by atoms with Gasteiger partial charge < -0.3 is 10.6 Å². The van der Waals surface area contributed by atoms with Gasteiger partial charge in [0.1, 0.15) is 0 Å². The first-order valence-electron chi connectivity index (χ1n) is 7.15. The number of carbonyl (C=O) groups is 2. The van der Waals surface area contributed by atoms with Gasteiger partial charge in [-0.05, 0) is 12.5 Å². The van der Waals surface area contributed by atoms with E-state index < -0.39 is 0 Å². The molecule has 0 aliphatic carbocycles. The molecule has 0 bridgehead atoms. The van der Waals surface area contributed by atoms with Crippen LogP contribution in [0.25, 0.3) is 0 Å². The molecule has 21 heavy (non-hydrogen) atoms. The van der Waals surface area contributed by atoms with Crippen LogP contribution < -0.4 is 10.6 Å².